The summed E-state index contributed by atoms with van der Waals surface area (Å²) in [5.41, 5.74) is 0.989. The van der Waals surface area contributed by atoms with Crippen LogP contribution < -0.4 is 0 Å². The lowest BCUT2D eigenvalue weighted by Gasteiger charge is -2.01. The molecule has 0 unspecified atom stereocenters. The summed E-state index contributed by atoms with van der Waals surface area (Å²) in [6, 6.07) is 6.32. The molecule has 0 heterocycles. The van der Waals surface area contributed by atoms with Gasteiger partial charge in [-0.25, -0.2) is 4.79 Å². The minimum atomic E-state index is -0.411. The Labute approximate surface area is 93.0 Å². The number of Topliss-reactive ketones (excluding diaryl/α,β-unsaturated/α-hetero) is 1. The zero-order chi connectivity index (χ0) is 11.3. The first-order valence-electron chi connectivity index (χ1n) is 4.46. The van der Waals surface area contributed by atoms with Crippen molar-refractivity contribution in [2.75, 3.05) is 13.0 Å². The Kier molecular flexibility index (Phi) is 4.31. The van der Waals surface area contributed by atoms with Gasteiger partial charge in [0.2, 0.25) is 0 Å². The molecule has 1 rings (SSSR count). The largest absolute Gasteiger partial charge is 0.465 e. The molecule has 4 heteroatoms. The Morgan fingerprint density at radius 2 is 1.73 bits per heavy atom. The predicted molar refractivity (Wildman–Crippen MR) is 57.4 cm³/mol. The molecule has 0 radical (unpaired) electrons. The Bertz CT molecular complexity index is 357. The van der Waals surface area contributed by atoms with E-state index in [0.29, 0.717) is 23.4 Å². The third-order valence-corrected chi connectivity index (χ3v) is 2.14. The fourth-order valence-electron chi connectivity index (χ4n) is 1.14. The number of methoxy groups -OCH3 is 1. The van der Waals surface area contributed by atoms with Gasteiger partial charge in [0.1, 0.15) is 0 Å². The molecule has 0 aliphatic rings. The molecule has 1 aromatic rings. The molecule has 3 nitrogen and oxygen atoms in total. The van der Waals surface area contributed by atoms with E-state index in [2.05, 4.69) is 4.74 Å². The number of benzene rings is 1. The quantitative estimate of drug-likeness (QED) is 0.450. The van der Waals surface area contributed by atoms with Gasteiger partial charge < -0.3 is 4.74 Å². The lowest BCUT2D eigenvalue weighted by molar-refractivity contribution is 0.0600. The molecule has 0 N–H and O–H groups in total. The fraction of sp³-hybridized carbons (Fsp3) is 0.273. The van der Waals surface area contributed by atoms with Crippen molar-refractivity contribution in [3.63, 3.8) is 0 Å². The second kappa shape index (κ2) is 5.51. The number of rotatable bonds is 4. The molecule has 0 fully saturated rings. The number of carbonyl (C=O) groups excluding carboxylic acids is 2. The van der Waals surface area contributed by atoms with Crippen molar-refractivity contribution in [1.82, 2.24) is 0 Å². The van der Waals surface area contributed by atoms with Crippen LogP contribution in [0.4, 0.5) is 0 Å². The second-order valence-corrected chi connectivity index (χ2v) is 3.31. The average Bonchev–Trinajstić information content (AvgIpc) is 2.28. The van der Waals surface area contributed by atoms with Crippen LogP contribution in [0.25, 0.3) is 0 Å². The molecular weight excluding hydrogens is 216 g/mol. The maximum absolute atomic E-state index is 11.4. The summed E-state index contributed by atoms with van der Waals surface area (Å²) in [6.45, 7) is 0. The van der Waals surface area contributed by atoms with Crippen LogP contribution in [0, 0.1) is 0 Å². The van der Waals surface area contributed by atoms with Gasteiger partial charge in [-0.1, -0.05) is 12.1 Å². The highest BCUT2D eigenvalue weighted by atomic mass is 35.5. The number of ketones is 1. The van der Waals surface area contributed by atoms with Crippen LogP contribution in [0.3, 0.4) is 0 Å². The smallest absolute Gasteiger partial charge is 0.337 e. The number of carbonyl (C=O) groups is 2. The Morgan fingerprint density at radius 3 is 2.20 bits per heavy atom. The van der Waals surface area contributed by atoms with Crippen molar-refractivity contribution in [2.45, 2.75) is 6.42 Å². The Morgan fingerprint density at radius 1 is 1.20 bits per heavy atom. The van der Waals surface area contributed by atoms with Gasteiger partial charge in [-0.2, -0.15) is 0 Å². The summed E-state index contributed by atoms with van der Waals surface area (Å²) in [4.78, 5) is 22.5. The number of esters is 1. The van der Waals surface area contributed by atoms with Gasteiger partial charge in [0.05, 0.1) is 12.7 Å². The van der Waals surface area contributed by atoms with E-state index in [4.69, 9.17) is 11.6 Å². The van der Waals surface area contributed by atoms with Crippen molar-refractivity contribution in [1.29, 1.82) is 0 Å². The van der Waals surface area contributed by atoms with E-state index >= 15 is 0 Å². The van der Waals surface area contributed by atoms with E-state index in [1.54, 1.807) is 24.3 Å². The number of hydrogen-bond acceptors (Lipinski definition) is 3. The molecule has 0 aliphatic heterocycles. The molecule has 0 saturated carbocycles. The number of halogens is 1. The SMILES string of the molecule is COC(=O)c1ccc(C(=O)CCCl)cc1. The van der Waals surface area contributed by atoms with Gasteiger partial charge in [0.15, 0.2) is 5.78 Å². The minimum Gasteiger partial charge on any atom is -0.465 e. The van der Waals surface area contributed by atoms with E-state index in [9.17, 15) is 9.59 Å². The van der Waals surface area contributed by atoms with Crippen molar-refractivity contribution in [2.24, 2.45) is 0 Å². The average molecular weight is 227 g/mol. The third-order valence-electron chi connectivity index (χ3n) is 1.95. The minimum absolute atomic E-state index is 0.0265. The van der Waals surface area contributed by atoms with E-state index in [-0.39, 0.29) is 5.78 Å². The van der Waals surface area contributed by atoms with Crippen LogP contribution >= 0.6 is 11.6 Å². The van der Waals surface area contributed by atoms with Gasteiger partial charge in [-0.05, 0) is 12.1 Å². The maximum Gasteiger partial charge on any atom is 0.337 e. The van der Waals surface area contributed by atoms with Gasteiger partial charge in [0.25, 0.3) is 0 Å². The van der Waals surface area contributed by atoms with E-state index < -0.39 is 5.97 Å². The third kappa shape index (κ3) is 3.06. The normalized spacial score (nSPS) is 9.73. The van der Waals surface area contributed by atoms with Crippen molar-refractivity contribution >= 4 is 23.4 Å². The standard InChI is InChI=1S/C11H11ClO3/c1-15-11(14)9-4-2-8(3-5-9)10(13)6-7-12/h2-5H,6-7H2,1H3. The fourth-order valence-corrected chi connectivity index (χ4v) is 1.31. The second-order valence-electron chi connectivity index (χ2n) is 2.93. The molecule has 0 saturated heterocycles. The Hall–Kier alpha value is -1.35. The van der Waals surface area contributed by atoms with Crippen LogP contribution in [0.15, 0.2) is 24.3 Å². The molecular formula is C11H11ClO3. The van der Waals surface area contributed by atoms with Crippen LogP contribution in [0.1, 0.15) is 27.1 Å². The molecule has 80 valence electrons. The Balaban J connectivity index is 2.80. The monoisotopic (exact) mass is 226 g/mol. The summed E-state index contributed by atoms with van der Waals surface area (Å²) in [6.07, 6.45) is 0.305. The molecule has 15 heavy (non-hydrogen) atoms. The van der Waals surface area contributed by atoms with Gasteiger partial charge in [-0.3, -0.25) is 4.79 Å². The van der Waals surface area contributed by atoms with Crippen LogP contribution in [0.5, 0.6) is 0 Å². The number of alkyl halides is 1. The van der Waals surface area contributed by atoms with Crippen LogP contribution in [-0.2, 0) is 4.74 Å². The maximum atomic E-state index is 11.4. The molecule has 0 aromatic heterocycles. The summed E-state index contributed by atoms with van der Waals surface area (Å²) >= 11 is 5.46. The van der Waals surface area contributed by atoms with E-state index in [0.717, 1.165) is 0 Å². The van der Waals surface area contributed by atoms with E-state index in [1.807, 2.05) is 0 Å². The molecule has 0 bridgehead atoms. The van der Waals surface area contributed by atoms with Crippen LogP contribution in [-0.4, -0.2) is 24.7 Å². The summed E-state index contributed by atoms with van der Waals surface area (Å²) in [7, 11) is 1.31. The van der Waals surface area contributed by atoms with Gasteiger partial charge >= 0.3 is 5.97 Å². The first-order chi connectivity index (χ1) is 7.19. The topological polar surface area (TPSA) is 43.4 Å². The summed E-state index contributed by atoms with van der Waals surface area (Å²) in [5, 5.41) is 0. The van der Waals surface area contributed by atoms with Crippen molar-refractivity contribution in [3.8, 4) is 0 Å². The lowest BCUT2D eigenvalue weighted by Crippen LogP contribution is -2.03. The van der Waals surface area contributed by atoms with E-state index in [1.165, 1.54) is 7.11 Å². The van der Waals surface area contributed by atoms with Crippen molar-refractivity contribution in [3.05, 3.63) is 35.4 Å². The molecule has 1 aromatic carbocycles. The first-order valence-corrected chi connectivity index (χ1v) is 5.00. The van der Waals surface area contributed by atoms with Crippen molar-refractivity contribution < 1.29 is 14.3 Å². The molecule has 0 amide bonds. The molecule has 0 aliphatic carbocycles. The molecule has 0 atom stereocenters. The first kappa shape index (κ1) is 11.7. The number of ether oxygens (including phenoxy) is 1. The predicted octanol–water partition coefficient (Wildman–Crippen LogP) is 2.28. The van der Waals surface area contributed by atoms with Crippen LogP contribution in [0.2, 0.25) is 0 Å². The highest BCUT2D eigenvalue weighted by Crippen LogP contribution is 2.08. The highest BCUT2D eigenvalue weighted by Gasteiger charge is 2.08. The van der Waals surface area contributed by atoms with Gasteiger partial charge in [0, 0.05) is 17.9 Å². The van der Waals surface area contributed by atoms with Gasteiger partial charge in [-0.15, -0.1) is 11.6 Å². The lowest BCUT2D eigenvalue weighted by atomic mass is 10.1. The summed E-state index contributed by atoms with van der Waals surface area (Å²) in [5.74, 6) is -0.134. The zero-order valence-corrected chi connectivity index (χ0v) is 9.08. The zero-order valence-electron chi connectivity index (χ0n) is 8.33. The number of hydrogen-bond donors (Lipinski definition) is 0. The molecule has 0 spiro atoms. The highest BCUT2D eigenvalue weighted by molar-refractivity contribution is 6.19. The summed E-state index contributed by atoms with van der Waals surface area (Å²) < 4.78 is 4.54.